The lowest BCUT2D eigenvalue weighted by atomic mass is 10.0. The number of aliphatic hydroxyl groups excluding tert-OH is 1. The van der Waals surface area contributed by atoms with Gasteiger partial charge in [0.05, 0.1) is 6.61 Å². The van der Waals surface area contributed by atoms with Gasteiger partial charge in [-0.2, -0.15) is 0 Å². The maximum atomic E-state index is 8.75. The van der Waals surface area contributed by atoms with Gasteiger partial charge in [0.15, 0.2) is 6.29 Å². The van der Waals surface area contributed by atoms with Gasteiger partial charge < -0.3 is 19.3 Å². The summed E-state index contributed by atoms with van der Waals surface area (Å²) in [5, 5.41) is 8.75. The average Bonchev–Trinajstić information content (AvgIpc) is 2.69. The molecule has 1 N–H and O–H groups in total. The molecule has 1 aromatic carbocycles. The second kappa shape index (κ2) is 14.0. The molecule has 1 saturated heterocycles. The maximum Gasteiger partial charge on any atom is 0.157 e. The zero-order chi connectivity index (χ0) is 18.3. The number of hydrogen-bond donors (Lipinski definition) is 1. The molecule has 4 heteroatoms. The number of aliphatic hydroxyl groups is 1. The lowest BCUT2D eigenvalue weighted by Crippen LogP contribution is -2.22. The van der Waals surface area contributed by atoms with E-state index in [9.17, 15) is 0 Å². The van der Waals surface area contributed by atoms with Gasteiger partial charge in [-0.25, -0.2) is 0 Å². The second-order valence-corrected chi connectivity index (χ2v) is 7.11. The summed E-state index contributed by atoms with van der Waals surface area (Å²) in [6.07, 6.45) is 12.9. The third-order valence-electron chi connectivity index (χ3n) is 4.80. The first-order valence-corrected chi connectivity index (χ1v) is 10.4. The van der Waals surface area contributed by atoms with Crippen LogP contribution in [0.15, 0.2) is 24.3 Å². The normalized spacial score (nSPS) is 17.3. The molecule has 4 nitrogen and oxygen atoms in total. The van der Waals surface area contributed by atoms with Crippen molar-refractivity contribution in [3.8, 4) is 5.75 Å². The van der Waals surface area contributed by atoms with Crippen molar-refractivity contribution in [2.75, 3.05) is 26.4 Å². The van der Waals surface area contributed by atoms with Crippen molar-refractivity contribution in [2.45, 2.75) is 76.9 Å². The monoisotopic (exact) mass is 364 g/mol. The van der Waals surface area contributed by atoms with Gasteiger partial charge >= 0.3 is 0 Å². The second-order valence-electron chi connectivity index (χ2n) is 7.11. The minimum atomic E-state index is 0.0650. The van der Waals surface area contributed by atoms with Gasteiger partial charge in [0, 0.05) is 26.2 Å². The van der Waals surface area contributed by atoms with Gasteiger partial charge in [0.2, 0.25) is 0 Å². The van der Waals surface area contributed by atoms with Gasteiger partial charge in [-0.1, -0.05) is 37.8 Å². The van der Waals surface area contributed by atoms with Crippen molar-refractivity contribution >= 4 is 0 Å². The average molecular weight is 365 g/mol. The van der Waals surface area contributed by atoms with Crippen molar-refractivity contribution in [3.63, 3.8) is 0 Å². The molecule has 1 aliphatic rings. The van der Waals surface area contributed by atoms with Gasteiger partial charge in [-0.3, -0.25) is 0 Å². The molecule has 0 bridgehead atoms. The van der Waals surface area contributed by atoms with Crippen LogP contribution >= 0.6 is 0 Å². The summed E-state index contributed by atoms with van der Waals surface area (Å²) in [4.78, 5) is 0. The summed E-state index contributed by atoms with van der Waals surface area (Å²) >= 11 is 0. The van der Waals surface area contributed by atoms with Gasteiger partial charge in [0.1, 0.15) is 5.75 Å². The molecule has 26 heavy (non-hydrogen) atoms. The van der Waals surface area contributed by atoms with Crippen molar-refractivity contribution in [3.05, 3.63) is 29.8 Å². The molecule has 0 amide bonds. The number of unbranched alkanes of at least 4 members (excludes halogenated alkanes) is 5. The molecule has 148 valence electrons. The number of rotatable bonds is 14. The van der Waals surface area contributed by atoms with Crippen LogP contribution in [-0.2, 0) is 15.9 Å². The van der Waals surface area contributed by atoms with Crippen molar-refractivity contribution < 1.29 is 19.3 Å². The van der Waals surface area contributed by atoms with E-state index in [0.717, 1.165) is 38.2 Å². The van der Waals surface area contributed by atoms with Crippen molar-refractivity contribution in [1.82, 2.24) is 0 Å². The largest absolute Gasteiger partial charge is 0.494 e. The Morgan fingerprint density at radius 3 is 2.38 bits per heavy atom. The van der Waals surface area contributed by atoms with E-state index in [1.54, 1.807) is 0 Å². The van der Waals surface area contributed by atoms with E-state index in [4.69, 9.17) is 19.3 Å². The van der Waals surface area contributed by atoms with Crippen LogP contribution in [0, 0.1) is 0 Å². The van der Waals surface area contributed by atoms with E-state index in [1.807, 2.05) is 12.1 Å². The van der Waals surface area contributed by atoms with Gasteiger partial charge in [0.25, 0.3) is 0 Å². The molecule has 0 saturated carbocycles. The summed E-state index contributed by atoms with van der Waals surface area (Å²) in [5.74, 6) is 0.892. The quantitative estimate of drug-likeness (QED) is 0.478. The van der Waals surface area contributed by atoms with E-state index in [0.29, 0.717) is 13.0 Å². The number of ether oxygens (including phenoxy) is 3. The summed E-state index contributed by atoms with van der Waals surface area (Å²) < 4.78 is 16.9. The fourth-order valence-corrected chi connectivity index (χ4v) is 3.20. The predicted octanol–water partition coefficient (Wildman–Crippen LogP) is 4.87. The van der Waals surface area contributed by atoms with E-state index in [-0.39, 0.29) is 12.9 Å². The highest BCUT2D eigenvalue weighted by atomic mass is 16.7. The Morgan fingerprint density at radius 2 is 1.65 bits per heavy atom. The third-order valence-corrected chi connectivity index (χ3v) is 4.80. The van der Waals surface area contributed by atoms with Crippen LogP contribution in [0.1, 0.15) is 69.8 Å². The number of hydrogen-bond acceptors (Lipinski definition) is 4. The molecule has 1 aliphatic heterocycles. The van der Waals surface area contributed by atoms with Gasteiger partial charge in [-0.15, -0.1) is 0 Å². The maximum absolute atomic E-state index is 8.75. The summed E-state index contributed by atoms with van der Waals surface area (Å²) in [6, 6.07) is 8.36. The number of aryl methyl sites for hydroxylation is 1. The Labute approximate surface area is 158 Å². The Hall–Kier alpha value is -1.10. The third kappa shape index (κ3) is 9.56. The molecule has 0 aromatic heterocycles. The SMILES string of the molecule is OCCCOc1ccc(CCCCCCCCOC2CCCCO2)cc1. The fourth-order valence-electron chi connectivity index (χ4n) is 3.20. The minimum Gasteiger partial charge on any atom is -0.494 e. The van der Waals surface area contributed by atoms with E-state index < -0.39 is 0 Å². The smallest absolute Gasteiger partial charge is 0.157 e. The van der Waals surface area contributed by atoms with Crippen LogP contribution in [0.2, 0.25) is 0 Å². The van der Waals surface area contributed by atoms with Crippen LogP contribution in [0.3, 0.4) is 0 Å². The molecule has 1 atom stereocenters. The van der Waals surface area contributed by atoms with Crippen molar-refractivity contribution in [1.29, 1.82) is 0 Å². The fraction of sp³-hybridized carbons (Fsp3) is 0.727. The van der Waals surface area contributed by atoms with Gasteiger partial charge in [-0.05, 0) is 56.2 Å². The first-order valence-electron chi connectivity index (χ1n) is 10.4. The van der Waals surface area contributed by atoms with E-state index in [1.165, 1.54) is 50.5 Å². The Bertz CT molecular complexity index is 440. The molecule has 0 radical (unpaired) electrons. The zero-order valence-corrected chi connectivity index (χ0v) is 16.2. The van der Waals surface area contributed by atoms with Crippen LogP contribution in [0.4, 0.5) is 0 Å². The molecular weight excluding hydrogens is 328 g/mol. The van der Waals surface area contributed by atoms with Crippen LogP contribution < -0.4 is 4.74 Å². The highest BCUT2D eigenvalue weighted by molar-refractivity contribution is 5.27. The topological polar surface area (TPSA) is 47.9 Å². The van der Waals surface area contributed by atoms with Crippen LogP contribution in [-0.4, -0.2) is 37.8 Å². The number of benzene rings is 1. The zero-order valence-electron chi connectivity index (χ0n) is 16.2. The minimum absolute atomic E-state index is 0.0650. The molecule has 0 spiro atoms. The Morgan fingerprint density at radius 1 is 0.885 bits per heavy atom. The lowest BCUT2D eigenvalue weighted by Gasteiger charge is -2.22. The molecule has 1 unspecified atom stereocenters. The molecular formula is C22H36O4. The van der Waals surface area contributed by atoms with Crippen molar-refractivity contribution in [2.24, 2.45) is 0 Å². The van der Waals surface area contributed by atoms with E-state index in [2.05, 4.69) is 12.1 Å². The summed E-state index contributed by atoms with van der Waals surface area (Å²) in [6.45, 7) is 2.47. The standard InChI is InChI=1S/C22H36O4/c23-16-9-19-24-21-14-12-20(13-15-21)10-5-3-1-2-4-7-17-25-22-11-6-8-18-26-22/h12-15,22-23H,1-11,16-19H2. The van der Waals surface area contributed by atoms with E-state index >= 15 is 0 Å². The van der Waals surface area contributed by atoms with Crippen LogP contribution in [0.5, 0.6) is 5.75 Å². The first kappa shape index (κ1) is 21.2. The Balaban J connectivity index is 1.40. The molecule has 2 rings (SSSR count). The highest BCUT2D eigenvalue weighted by Crippen LogP contribution is 2.16. The predicted molar refractivity (Wildman–Crippen MR) is 105 cm³/mol. The molecule has 1 heterocycles. The first-order chi connectivity index (χ1) is 12.9. The lowest BCUT2D eigenvalue weighted by molar-refractivity contribution is -0.162. The highest BCUT2D eigenvalue weighted by Gasteiger charge is 2.13. The summed E-state index contributed by atoms with van der Waals surface area (Å²) in [5.41, 5.74) is 1.38. The molecule has 1 aromatic rings. The molecule has 1 fully saturated rings. The molecule has 0 aliphatic carbocycles. The summed E-state index contributed by atoms with van der Waals surface area (Å²) in [7, 11) is 0. The Kier molecular flexibility index (Phi) is 11.4. The van der Waals surface area contributed by atoms with Crippen LogP contribution in [0.25, 0.3) is 0 Å².